The molecule has 3 N–H and O–H groups in total. The van der Waals surface area contributed by atoms with Crippen molar-refractivity contribution in [3.8, 4) is 0 Å². The van der Waals surface area contributed by atoms with Crippen molar-refractivity contribution in [2.45, 2.75) is 13.5 Å². The van der Waals surface area contributed by atoms with Gasteiger partial charge in [0.05, 0.1) is 17.6 Å². The van der Waals surface area contributed by atoms with Crippen LogP contribution in [0.1, 0.15) is 12.6 Å². The minimum absolute atomic E-state index is 0.514. The number of nitrogens with one attached hydrogen (secondary N) is 1. The molecule has 0 radical (unpaired) electrons. The molecule has 0 aliphatic rings. The predicted molar refractivity (Wildman–Crippen MR) is 45.4 cm³/mol. The highest BCUT2D eigenvalue weighted by atomic mass is 15.2. The van der Waals surface area contributed by atoms with Crippen LogP contribution in [0.3, 0.4) is 0 Å². The zero-order valence-corrected chi connectivity index (χ0v) is 6.96. The zero-order chi connectivity index (χ0) is 8.27. The van der Waals surface area contributed by atoms with E-state index >= 15 is 0 Å². The number of nitrogens with zero attached hydrogens (tertiary/aromatic N) is 2. The third-order valence-electron chi connectivity index (χ3n) is 1.79. The van der Waals surface area contributed by atoms with Crippen LogP contribution < -0.4 is 10.6 Å². The molecular formula is C7H14N4. The van der Waals surface area contributed by atoms with Crippen molar-refractivity contribution >= 4 is 5.69 Å². The van der Waals surface area contributed by atoms with Gasteiger partial charge in [0.1, 0.15) is 0 Å². The second kappa shape index (κ2) is 3.39. The Morgan fingerprint density at radius 3 is 3.00 bits per heavy atom. The smallest absolute Gasteiger partial charge is 0.0793 e. The summed E-state index contributed by atoms with van der Waals surface area (Å²) in [4.78, 5) is 2.10. The molecule has 0 saturated carbocycles. The molecule has 0 amide bonds. The van der Waals surface area contributed by atoms with Crippen LogP contribution in [0, 0.1) is 0 Å². The molecule has 11 heavy (non-hydrogen) atoms. The molecule has 0 bridgehead atoms. The number of nitrogens with two attached hydrogens (primary N) is 1. The number of aromatic nitrogens is 2. The predicted octanol–water partition coefficient (Wildman–Crippen LogP) is 0.324. The second-order valence-corrected chi connectivity index (χ2v) is 2.45. The summed E-state index contributed by atoms with van der Waals surface area (Å²) in [7, 11) is 2.02. The Morgan fingerprint density at radius 2 is 2.45 bits per heavy atom. The van der Waals surface area contributed by atoms with Gasteiger partial charge in [-0.3, -0.25) is 5.10 Å². The Kier molecular flexibility index (Phi) is 2.48. The van der Waals surface area contributed by atoms with Crippen LogP contribution in [0.25, 0.3) is 0 Å². The summed E-state index contributed by atoms with van der Waals surface area (Å²) in [5.41, 5.74) is 7.58. The number of hydrogen-bond acceptors (Lipinski definition) is 3. The quantitative estimate of drug-likeness (QED) is 0.659. The van der Waals surface area contributed by atoms with Crippen molar-refractivity contribution in [1.29, 1.82) is 0 Å². The number of H-pyrrole nitrogens is 1. The normalized spacial score (nSPS) is 10.1. The van der Waals surface area contributed by atoms with Crippen molar-refractivity contribution in [2.24, 2.45) is 5.73 Å². The molecule has 0 spiro atoms. The standard InChI is InChI=1S/C7H14N4/c1-3-11(2)7-5-9-10-6(7)4-8/h5H,3-4,8H2,1-2H3,(H,9,10). The molecule has 0 atom stereocenters. The van der Waals surface area contributed by atoms with Crippen LogP contribution in [0.15, 0.2) is 6.20 Å². The van der Waals surface area contributed by atoms with Crippen molar-refractivity contribution in [3.05, 3.63) is 11.9 Å². The average molecular weight is 154 g/mol. The number of anilines is 1. The second-order valence-electron chi connectivity index (χ2n) is 2.45. The monoisotopic (exact) mass is 154 g/mol. The molecule has 1 rings (SSSR count). The van der Waals surface area contributed by atoms with Gasteiger partial charge in [-0.15, -0.1) is 0 Å². The van der Waals surface area contributed by atoms with Crippen LogP contribution in [0.2, 0.25) is 0 Å². The fourth-order valence-corrected chi connectivity index (χ4v) is 0.956. The van der Waals surface area contributed by atoms with E-state index in [4.69, 9.17) is 5.73 Å². The minimum atomic E-state index is 0.514. The minimum Gasteiger partial charge on any atom is -0.372 e. The van der Waals surface area contributed by atoms with Crippen LogP contribution >= 0.6 is 0 Å². The van der Waals surface area contributed by atoms with Gasteiger partial charge in [0.15, 0.2) is 0 Å². The summed E-state index contributed by atoms with van der Waals surface area (Å²) >= 11 is 0. The van der Waals surface area contributed by atoms with Crippen LogP contribution in [0.5, 0.6) is 0 Å². The Labute approximate surface area is 66.4 Å². The molecule has 1 aromatic rings. The van der Waals surface area contributed by atoms with Crippen LogP contribution in [0.4, 0.5) is 5.69 Å². The number of hydrogen-bond donors (Lipinski definition) is 2. The van der Waals surface area contributed by atoms with Gasteiger partial charge in [0.2, 0.25) is 0 Å². The Morgan fingerprint density at radius 1 is 1.73 bits per heavy atom. The van der Waals surface area contributed by atoms with E-state index in [1.165, 1.54) is 0 Å². The lowest BCUT2D eigenvalue weighted by Gasteiger charge is -2.15. The van der Waals surface area contributed by atoms with Crippen molar-refractivity contribution in [2.75, 3.05) is 18.5 Å². The van der Waals surface area contributed by atoms with Gasteiger partial charge < -0.3 is 10.6 Å². The molecule has 1 aromatic heterocycles. The molecule has 4 nitrogen and oxygen atoms in total. The van der Waals surface area contributed by atoms with Gasteiger partial charge in [-0.25, -0.2) is 0 Å². The van der Waals surface area contributed by atoms with Gasteiger partial charge in [-0.1, -0.05) is 0 Å². The lowest BCUT2D eigenvalue weighted by Crippen LogP contribution is -2.17. The molecule has 0 saturated heterocycles. The van der Waals surface area contributed by atoms with Crippen molar-refractivity contribution < 1.29 is 0 Å². The molecule has 0 unspecified atom stereocenters. The van der Waals surface area contributed by atoms with E-state index < -0.39 is 0 Å². The van der Waals surface area contributed by atoms with Crippen molar-refractivity contribution in [1.82, 2.24) is 10.2 Å². The maximum absolute atomic E-state index is 5.49. The maximum Gasteiger partial charge on any atom is 0.0793 e. The number of rotatable bonds is 3. The third-order valence-corrected chi connectivity index (χ3v) is 1.79. The van der Waals surface area contributed by atoms with E-state index in [1.807, 2.05) is 7.05 Å². The van der Waals surface area contributed by atoms with Gasteiger partial charge in [-0.2, -0.15) is 5.10 Å². The molecule has 0 aliphatic carbocycles. The fraction of sp³-hybridized carbons (Fsp3) is 0.571. The third kappa shape index (κ3) is 1.51. The molecule has 62 valence electrons. The van der Waals surface area contributed by atoms with Crippen LogP contribution in [-0.2, 0) is 6.54 Å². The maximum atomic E-state index is 5.49. The van der Waals surface area contributed by atoms with Gasteiger partial charge in [0.25, 0.3) is 0 Å². The topological polar surface area (TPSA) is 57.9 Å². The molecule has 0 aromatic carbocycles. The van der Waals surface area contributed by atoms with Gasteiger partial charge in [0, 0.05) is 20.1 Å². The Bertz CT molecular complexity index is 218. The highest BCUT2D eigenvalue weighted by molar-refractivity contribution is 5.47. The van der Waals surface area contributed by atoms with E-state index in [-0.39, 0.29) is 0 Å². The summed E-state index contributed by atoms with van der Waals surface area (Å²) in [6.45, 7) is 3.57. The first-order chi connectivity index (χ1) is 5.29. The van der Waals surface area contributed by atoms with E-state index in [0.29, 0.717) is 6.54 Å². The average Bonchev–Trinajstić information content (AvgIpc) is 2.50. The zero-order valence-electron chi connectivity index (χ0n) is 6.96. The lowest BCUT2D eigenvalue weighted by atomic mass is 10.3. The highest BCUT2D eigenvalue weighted by Crippen LogP contribution is 2.14. The van der Waals surface area contributed by atoms with Crippen LogP contribution in [-0.4, -0.2) is 23.8 Å². The van der Waals surface area contributed by atoms with E-state index in [2.05, 4.69) is 22.0 Å². The largest absolute Gasteiger partial charge is 0.372 e. The molecular weight excluding hydrogens is 140 g/mol. The molecule has 0 fully saturated rings. The first kappa shape index (κ1) is 8.07. The van der Waals surface area contributed by atoms with E-state index in [9.17, 15) is 0 Å². The fourth-order valence-electron chi connectivity index (χ4n) is 0.956. The van der Waals surface area contributed by atoms with E-state index in [0.717, 1.165) is 17.9 Å². The molecule has 1 heterocycles. The first-order valence-corrected chi connectivity index (χ1v) is 3.73. The summed E-state index contributed by atoms with van der Waals surface area (Å²) < 4.78 is 0. The lowest BCUT2D eigenvalue weighted by molar-refractivity contribution is 0.916. The van der Waals surface area contributed by atoms with Gasteiger partial charge in [-0.05, 0) is 6.92 Å². The summed E-state index contributed by atoms with van der Waals surface area (Å²) in [6.07, 6.45) is 1.80. The van der Waals surface area contributed by atoms with E-state index in [1.54, 1.807) is 6.20 Å². The first-order valence-electron chi connectivity index (χ1n) is 3.73. The Balaban J connectivity index is 2.83. The summed E-state index contributed by atoms with van der Waals surface area (Å²) in [5, 5.41) is 6.77. The number of aromatic amines is 1. The van der Waals surface area contributed by atoms with Crippen molar-refractivity contribution in [3.63, 3.8) is 0 Å². The Hall–Kier alpha value is -1.03. The SMILES string of the molecule is CCN(C)c1cn[nH]c1CN. The summed E-state index contributed by atoms with van der Waals surface area (Å²) in [6, 6.07) is 0. The van der Waals surface area contributed by atoms with Gasteiger partial charge >= 0.3 is 0 Å². The molecule has 4 heteroatoms. The molecule has 0 aliphatic heterocycles. The summed E-state index contributed by atoms with van der Waals surface area (Å²) in [5.74, 6) is 0. The highest BCUT2D eigenvalue weighted by Gasteiger charge is 2.05.